The van der Waals surface area contributed by atoms with E-state index in [0.29, 0.717) is 21.9 Å². The Morgan fingerprint density at radius 3 is 2.37 bits per heavy atom. The lowest BCUT2D eigenvalue weighted by molar-refractivity contribution is 0.369. The van der Waals surface area contributed by atoms with Crippen molar-refractivity contribution in [3.05, 3.63) is 104 Å². The zero-order valence-electron chi connectivity index (χ0n) is 15.8. The van der Waals surface area contributed by atoms with Crippen molar-refractivity contribution in [3.63, 3.8) is 0 Å². The molecule has 0 atom stereocenters. The van der Waals surface area contributed by atoms with Gasteiger partial charge in [0.25, 0.3) is 5.56 Å². The van der Waals surface area contributed by atoms with Crippen molar-refractivity contribution in [3.8, 4) is 11.4 Å². The summed E-state index contributed by atoms with van der Waals surface area (Å²) in [4.78, 5) is 30.6. The molecule has 0 saturated carbocycles. The Hall–Kier alpha value is -3.78. The molecule has 3 aromatic heterocycles. The fourth-order valence-corrected chi connectivity index (χ4v) is 4.19. The summed E-state index contributed by atoms with van der Waals surface area (Å²) in [6, 6.07) is 20.7. The molecule has 0 amide bonds. The molecule has 2 aromatic carbocycles. The Morgan fingerprint density at radius 1 is 0.867 bits per heavy atom. The van der Waals surface area contributed by atoms with Crippen LogP contribution in [-0.4, -0.2) is 19.3 Å². The molecular formula is C22H16N4O3S. The van der Waals surface area contributed by atoms with Crippen molar-refractivity contribution in [1.29, 1.82) is 0 Å². The van der Waals surface area contributed by atoms with Gasteiger partial charge in [0.15, 0.2) is 0 Å². The van der Waals surface area contributed by atoms with Crippen LogP contribution in [0.15, 0.2) is 86.2 Å². The molecule has 0 saturated heterocycles. The standard InChI is InChI=1S/C22H16N4O3S/c27-21-19-17(11-12-30-19)25(22(28)26(21)13-15-7-3-1-4-8-15)14-18-23-20(24-29-18)16-9-5-2-6-10-16/h1-12H,13-14H2. The molecular weight excluding hydrogens is 400 g/mol. The molecule has 0 fully saturated rings. The average molecular weight is 416 g/mol. The summed E-state index contributed by atoms with van der Waals surface area (Å²) < 4.78 is 8.67. The van der Waals surface area contributed by atoms with E-state index in [0.717, 1.165) is 11.1 Å². The second kappa shape index (κ2) is 7.57. The molecule has 0 bridgehead atoms. The molecule has 0 aliphatic rings. The predicted molar refractivity (Wildman–Crippen MR) is 115 cm³/mol. The van der Waals surface area contributed by atoms with Crippen molar-refractivity contribution in [1.82, 2.24) is 19.3 Å². The molecule has 0 aliphatic heterocycles. The number of aromatic nitrogens is 4. The molecule has 0 N–H and O–H groups in total. The van der Waals surface area contributed by atoms with E-state index in [2.05, 4.69) is 10.1 Å². The summed E-state index contributed by atoms with van der Waals surface area (Å²) in [6.07, 6.45) is 0. The van der Waals surface area contributed by atoms with E-state index in [1.807, 2.05) is 60.7 Å². The molecule has 0 unspecified atom stereocenters. The van der Waals surface area contributed by atoms with Gasteiger partial charge in [-0.25, -0.2) is 4.79 Å². The van der Waals surface area contributed by atoms with E-state index in [-0.39, 0.29) is 18.6 Å². The van der Waals surface area contributed by atoms with Crippen molar-refractivity contribution in [2.24, 2.45) is 0 Å². The van der Waals surface area contributed by atoms with Gasteiger partial charge < -0.3 is 4.52 Å². The summed E-state index contributed by atoms with van der Waals surface area (Å²) in [5.74, 6) is 0.756. The van der Waals surface area contributed by atoms with E-state index < -0.39 is 5.69 Å². The van der Waals surface area contributed by atoms with Crippen LogP contribution >= 0.6 is 11.3 Å². The van der Waals surface area contributed by atoms with E-state index in [1.54, 1.807) is 11.4 Å². The summed E-state index contributed by atoms with van der Waals surface area (Å²) in [6.45, 7) is 0.284. The van der Waals surface area contributed by atoms with Gasteiger partial charge in [0.2, 0.25) is 11.7 Å². The molecule has 0 radical (unpaired) electrons. The first-order valence-electron chi connectivity index (χ1n) is 9.33. The summed E-state index contributed by atoms with van der Waals surface area (Å²) in [5, 5.41) is 5.82. The molecule has 3 heterocycles. The van der Waals surface area contributed by atoms with Crippen LogP contribution in [0.1, 0.15) is 11.5 Å². The van der Waals surface area contributed by atoms with Crippen molar-refractivity contribution < 1.29 is 4.52 Å². The third kappa shape index (κ3) is 3.27. The topological polar surface area (TPSA) is 82.9 Å². The van der Waals surface area contributed by atoms with Gasteiger partial charge in [-0.3, -0.25) is 13.9 Å². The van der Waals surface area contributed by atoms with Crippen LogP contribution in [0, 0.1) is 0 Å². The second-order valence-corrected chi connectivity index (χ2v) is 7.67. The van der Waals surface area contributed by atoms with Gasteiger partial charge in [-0.15, -0.1) is 11.3 Å². The number of benzene rings is 2. The number of nitrogens with zero attached hydrogens (tertiary/aromatic N) is 4. The van der Waals surface area contributed by atoms with Gasteiger partial charge in [0, 0.05) is 5.56 Å². The predicted octanol–water partition coefficient (Wildman–Crippen LogP) is 3.37. The Balaban J connectivity index is 1.58. The highest BCUT2D eigenvalue weighted by Crippen LogP contribution is 2.18. The Bertz CT molecular complexity index is 1430. The molecule has 7 nitrogen and oxygen atoms in total. The first-order chi connectivity index (χ1) is 14.7. The lowest BCUT2D eigenvalue weighted by atomic mass is 10.2. The first kappa shape index (κ1) is 18.3. The molecule has 5 aromatic rings. The van der Waals surface area contributed by atoms with Gasteiger partial charge in [0.1, 0.15) is 11.2 Å². The van der Waals surface area contributed by atoms with E-state index in [4.69, 9.17) is 4.52 Å². The number of hydrogen-bond donors (Lipinski definition) is 0. The molecule has 148 valence electrons. The monoisotopic (exact) mass is 416 g/mol. The number of fused-ring (bicyclic) bond motifs is 1. The minimum atomic E-state index is -0.408. The van der Waals surface area contributed by atoms with Crippen LogP contribution in [0.2, 0.25) is 0 Å². The number of hydrogen-bond acceptors (Lipinski definition) is 6. The Kier molecular flexibility index (Phi) is 4.61. The van der Waals surface area contributed by atoms with Crippen LogP contribution in [0.3, 0.4) is 0 Å². The third-order valence-corrected chi connectivity index (χ3v) is 5.71. The maximum atomic E-state index is 13.2. The van der Waals surface area contributed by atoms with Crippen molar-refractivity contribution in [2.75, 3.05) is 0 Å². The SMILES string of the molecule is O=c1c2sccc2n(Cc2nc(-c3ccccc3)no2)c(=O)n1Cc1ccccc1. The minimum Gasteiger partial charge on any atom is -0.337 e. The number of rotatable bonds is 5. The molecule has 8 heteroatoms. The van der Waals surface area contributed by atoms with Gasteiger partial charge in [-0.1, -0.05) is 65.8 Å². The van der Waals surface area contributed by atoms with Crippen LogP contribution in [0.4, 0.5) is 0 Å². The van der Waals surface area contributed by atoms with Crippen molar-refractivity contribution in [2.45, 2.75) is 13.1 Å². The van der Waals surface area contributed by atoms with E-state index in [9.17, 15) is 9.59 Å². The normalized spacial score (nSPS) is 11.2. The van der Waals surface area contributed by atoms with Crippen LogP contribution in [0.5, 0.6) is 0 Å². The fraction of sp³-hybridized carbons (Fsp3) is 0.0909. The highest BCUT2D eigenvalue weighted by Gasteiger charge is 2.17. The smallest absolute Gasteiger partial charge is 0.332 e. The second-order valence-electron chi connectivity index (χ2n) is 6.76. The van der Waals surface area contributed by atoms with Crippen LogP contribution < -0.4 is 11.2 Å². The number of thiophene rings is 1. The zero-order valence-corrected chi connectivity index (χ0v) is 16.6. The summed E-state index contributed by atoms with van der Waals surface area (Å²) in [5.41, 5.74) is 1.58. The van der Waals surface area contributed by atoms with Gasteiger partial charge in [-0.05, 0) is 17.0 Å². The molecule has 5 rings (SSSR count). The van der Waals surface area contributed by atoms with E-state index in [1.165, 1.54) is 20.5 Å². The van der Waals surface area contributed by atoms with E-state index >= 15 is 0 Å². The Labute approximate surface area is 174 Å². The lowest BCUT2D eigenvalue weighted by Gasteiger charge is -2.10. The maximum absolute atomic E-state index is 13.2. The minimum absolute atomic E-state index is 0.0843. The average Bonchev–Trinajstić information content (AvgIpc) is 3.45. The highest BCUT2D eigenvalue weighted by atomic mass is 32.1. The van der Waals surface area contributed by atoms with Crippen LogP contribution in [-0.2, 0) is 13.1 Å². The molecule has 0 spiro atoms. The summed E-state index contributed by atoms with van der Waals surface area (Å²) >= 11 is 1.31. The van der Waals surface area contributed by atoms with Gasteiger partial charge in [0.05, 0.1) is 12.1 Å². The quantitative estimate of drug-likeness (QED) is 0.439. The highest BCUT2D eigenvalue weighted by molar-refractivity contribution is 7.17. The first-order valence-corrected chi connectivity index (χ1v) is 10.2. The maximum Gasteiger partial charge on any atom is 0.332 e. The summed E-state index contributed by atoms with van der Waals surface area (Å²) in [7, 11) is 0. The lowest BCUT2D eigenvalue weighted by Crippen LogP contribution is -2.40. The van der Waals surface area contributed by atoms with Crippen molar-refractivity contribution >= 4 is 21.6 Å². The van der Waals surface area contributed by atoms with Crippen LogP contribution in [0.25, 0.3) is 21.6 Å². The van der Waals surface area contributed by atoms with Gasteiger partial charge in [-0.2, -0.15) is 4.98 Å². The molecule has 0 aliphatic carbocycles. The Morgan fingerprint density at radius 2 is 1.60 bits per heavy atom. The largest absolute Gasteiger partial charge is 0.337 e. The zero-order chi connectivity index (χ0) is 20.5. The van der Waals surface area contributed by atoms with Gasteiger partial charge >= 0.3 is 5.69 Å². The third-order valence-electron chi connectivity index (χ3n) is 4.81. The fourth-order valence-electron chi connectivity index (χ4n) is 3.35. The molecule has 30 heavy (non-hydrogen) atoms.